The van der Waals surface area contributed by atoms with Crippen molar-refractivity contribution in [3.63, 3.8) is 0 Å². The first kappa shape index (κ1) is 60.7. The van der Waals surface area contributed by atoms with Crippen molar-refractivity contribution < 1.29 is 73.4 Å². The fourth-order valence-corrected chi connectivity index (χ4v) is 9.81. The van der Waals surface area contributed by atoms with Crippen LogP contribution in [-0.2, 0) is 42.7 Å². The number of cyclic esters (lactones) is 1. The smallest absolute Gasteiger partial charge is 0.311 e. The third-order valence-electron chi connectivity index (χ3n) is 14.7. The summed E-state index contributed by atoms with van der Waals surface area (Å²) in [6.45, 7) is 23.2. The highest BCUT2D eigenvalue weighted by atomic mass is 16.7. The molecule has 390 valence electrons. The number of aliphatic hydroxyl groups excluding tert-OH is 5. The Bertz CT molecular complexity index is 1410. The van der Waals surface area contributed by atoms with E-state index in [1.54, 1.807) is 48.5 Å². The molecular weight excluding hydrogens is 859 g/mol. The highest BCUT2D eigenvalue weighted by Crippen LogP contribution is 2.42. The number of likely N-dealkylation sites (N-methyl/N-ethyl adjacent to an activating group) is 1. The number of rotatable bonds is 17. The lowest BCUT2D eigenvalue weighted by molar-refractivity contribution is -0.319. The van der Waals surface area contributed by atoms with Gasteiger partial charge in [0, 0.05) is 69.6 Å². The first-order valence-electron chi connectivity index (χ1n) is 24.3. The van der Waals surface area contributed by atoms with Gasteiger partial charge >= 0.3 is 5.97 Å². The van der Waals surface area contributed by atoms with Gasteiger partial charge in [-0.15, -0.1) is 0 Å². The number of hydrogen-bond acceptors (Lipinski definition) is 18. The molecule has 3 saturated heterocycles. The molecule has 0 aromatic heterocycles. The minimum absolute atomic E-state index is 0.111. The fourth-order valence-electron chi connectivity index (χ4n) is 9.81. The third-order valence-corrected chi connectivity index (χ3v) is 14.7. The average molecular weight is 952 g/mol. The summed E-state index contributed by atoms with van der Waals surface area (Å²) in [5, 5.41) is 69.8. The number of Topliss-reactive ketones (excluding diaryl/α,β-unsaturated/α-hetero) is 1. The van der Waals surface area contributed by atoms with Gasteiger partial charge in [0.05, 0.1) is 60.9 Å². The topological polar surface area (TPSA) is 247 Å². The Labute approximate surface area is 396 Å². The van der Waals surface area contributed by atoms with Crippen molar-refractivity contribution in [3.05, 3.63) is 0 Å². The quantitative estimate of drug-likeness (QED) is 0.0769. The highest BCUT2D eigenvalue weighted by Gasteiger charge is 2.54. The Morgan fingerprint density at radius 2 is 1.33 bits per heavy atom. The van der Waals surface area contributed by atoms with E-state index < -0.39 is 102 Å². The molecule has 0 radical (unpaired) electrons. The molecule has 8 N–H and O–H groups in total. The summed E-state index contributed by atoms with van der Waals surface area (Å²) < 4.78 is 43.9. The van der Waals surface area contributed by atoms with Crippen molar-refractivity contribution in [3.8, 4) is 0 Å². The minimum Gasteiger partial charge on any atom is -0.459 e. The molecule has 3 aliphatic heterocycles. The number of ether oxygens (including phenoxy) is 7. The Balaban J connectivity index is 0.000000917. The van der Waals surface area contributed by atoms with Gasteiger partial charge in [-0.2, -0.15) is 0 Å². The summed E-state index contributed by atoms with van der Waals surface area (Å²) in [7, 11) is 6.77. The molecule has 66 heavy (non-hydrogen) atoms. The molecule has 0 aromatic carbocycles. The zero-order chi connectivity index (χ0) is 50.5. The molecular formula is C48H93N3O15. The number of aliphatic hydroxyl groups is 6. The van der Waals surface area contributed by atoms with Gasteiger partial charge in [-0.05, 0) is 87.7 Å². The first-order valence-corrected chi connectivity index (χ1v) is 24.3. The van der Waals surface area contributed by atoms with Crippen LogP contribution in [0.4, 0.5) is 0 Å². The second-order valence-corrected chi connectivity index (χ2v) is 20.1. The third kappa shape index (κ3) is 15.5. The molecule has 3 heterocycles. The molecule has 0 aliphatic carbocycles. The van der Waals surface area contributed by atoms with Gasteiger partial charge in [0.2, 0.25) is 0 Å². The number of methoxy groups -OCH3 is 2. The van der Waals surface area contributed by atoms with Crippen molar-refractivity contribution in [2.75, 3.05) is 54.6 Å². The maximum Gasteiger partial charge on any atom is 0.311 e. The average Bonchev–Trinajstić information content (AvgIpc) is 3.28. The van der Waals surface area contributed by atoms with E-state index >= 15 is 0 Å². The molecule has 0 bridgehead atoms. The molecule has 3 aliphatic rings. The molecule has 20 atom stereocenters. The molecule has 0 saturated carbocycles. The van der Waals surface area contributed by atoms with Crippen LogP contribution in [0.25, 0.3) is 0 Å². The van der Waals surface area contributed by atoms with E-state index in [9.17, 15) is 30.0 Å². The molecule has 0 amide bonds. The summed E-state index contributed by atoms with van der Waals surface area (Å²) in [5.74, 6) is -4.47. The van der Waals surface area contributed by atoms with E-state index in [0.29, 0.717) is 6.42 Å². The lowest BCUT2D eigenvalue weighted by atomic mass is 9.74. The molecule has 0 spiro atoms. The van der Waals surface area contributed by atoms with Crippen LogP contribution in [0.2, 0.25) is 0 Å². The van der Waals surface area contributed by atoms with E-state index in [0.717, 1.165) is 25.9 Å². The SMILES string of the molecule is CC[C@@H](CO)NCCN[C@@H](CC)CO.CC[C@H]1OC(=O)[C@H](C)[C@@H](O[C@H]2C[C@@](C)(OC)[C@@H](O)[C@H](C)O2)[C@H](C)[C@@H](O[C@@H]2O[C@H](C)C[C@H](N(C)C)[C@H]2O)[C@](C)(OC)C[C@@H](C)C(=O)[C@H](C)[C@@H](O)[C@]1(C)O. The van der Waals surface area contributed by atoms with Gasteiger partial charge in [0.15, 0.2) is 12.6 Å². The second kappa shape index (κ2) is 27.2. The summed E-state index contributed by atoms with van der Waals surface area (Å²) in [5.41, 5.74) is -4.24. The number of nitrogens with zero attached hydrogens (tertiary/aromatic N) is 1. The lowest BCUT2D eigenvalue weighted by Crippen LogP contribution is -2.61. The monoisotopic (exact) mass is 952 g/mol. The van der Waals surface area contributed by atoms with Crippen molar-refractivity contribution in [1.29, 1.82) is 0 Å². The largest absolute Gasteiger partial charge is 0.459 e. The van der Waals surface area contributed by atoms with Gasteiger partial charge in [0.1, 0.15) is 29.7 Å². The van der Waals surface area contributed by atoms with Crippen LogP contribution in [0.15, 0.2) is 0 Å². The van der Waals surface area contributed by atoms with Gasteiger partial charge in [0.25, 0.3) is 0 Å². The molecule has 3 fully saturated rings. The Hall–Kier alpha value is -1.46. The zero-order valence-corrected chi connectivity index (χ0v) is 43.2. The van der Waals surface area contributed by atoms with Crippen molar-refractivity contribution >= 4 is 11.8 Å². The van der Waals surface area contributed by atoms with Gasteiger partial charge in [-0.1, -0.05) is 41.5 Å². The number of carbonyl (C=O) groups is 2. The molecule has 3 rings (SSSR count). The van der Waals surface area contributed by atoms with Crippen LogP contribution in [-0.4, -0.2) is 198 Å². The highest BCUT2D eigenvalue weighted by molar-refractivity contribution is 5.83. The molecule has 0 aromatic rings. The zero-order valence-electron chi connectivity index (χ0n) is 43.2. The molecule has 18 nitrogen and oxygen atoms in total. The van der Waals surface area contributed by atoms with Crippen molar-refractivity contribution in [2.45, 2.75) is 218 Å². The normalized spacial score (nSPS) is 41.9. The number of carbonyl (C=O) groups excluding carboxylic acids is 2. The predicted octanol–water partition coefficient (Wildman–Crippen LogP) is 2.15. The van der Waals surface area contributed by atoms with Crippen molar-refractivity contribution in [2.24, 2.45) is 23.7 Å². The van der Waals surface area contributed by atoms with E-state index in [-0.39, 0.29) is 62.5 Å². The fraction of sp³-hybridized carbons (Fsp3) is 0.958. The van der Waals surface area contributed by atoms with Crippen molar-refractivity contribution in [1.82, 2.24) is 15.5 Å². The predicted molar refractivity (Wildman–Crippen MR) is 249 cm³/mol. The number of esters is 1. The number of hydrogen-bond donors (Lipinski definition) is 8. The first-order chi connectivity index (χ1) is 30.8. The van der Waals surface area contributed by atoms with E-state index in [1.807, 2.05) is 46.7 Å². The van der Waals surface area contributed by atoms with Gasteiger partial charge in [-0.25, -0.2) is 0 Å². The number of nitrogens with one attached hydrogen (secondary N) is 2. The second-order valence-electron chi connectivity index (χ2n) is 20.1. The van der Waals surface area contributed by atoms with E-state index in [1.165, 1.54) is 21.1 Å². The Kier molecular flexibility index (Phi) is 25.0. The maximum atomic E-state index is 14.2. The molecule has 18 heteroatoms. The Morgan fingerprint density at radius 3 is 1.80 bits per heavy atom. The van der Waals surface area contributed by atoms with Crippen LogP contribution in [0.5, 0.6) is 0 Å². The minimum atomic E-state index is -1.96. The maximum absolute atomic E-state index is 14.2. The lowest BCUT2D eigenvalue weighted by Gasteiger charge is -2.50. The summed E-state index contributed by atoms with van der Waals surface area (Å²) >= 11 is 0. The van der Waals surface area contributed by atoms with E-state index in [2.05, 4.69) is 10.6 Å². The summed E-state index contributed by atoms with van der Waals surface area (Å²) in [6.07, 6.45) is -6.85. The Morgan fingerprint density at radius 1 is 0.788 bits per heavy atom. The summed E-state index contributed by atoms with van der Waals surface area (Å²) in [4.78, 5) is 30.1. The van der Waals surface area contributed by atoms with Crippen LogP contribution in [0.1, 0.15) is 122 Å². The van der Waals surface area contributed by atoms with Crippen LogP contribution >= 0.6 is 0 Å². The standard InChI is InChI=1S/C38H69NO13.C10H24N2O2/c1-15-26-38(10,45)31(42)21(4)28(40)19(2)17-37(9,47-14)33(52-35-29(41)25(39(11)12)16-20(3)48-35)22(5)30(23(6)34(44)50-26)51-27-18-36(8,46-13)32(43)24(7)49-27;1-3-9(7-13)11-5-6-12-10(4-2)8-14/h19-27,29-33,35,41-43,45H,15-18H2,1-14H3;9-14H,3-8H2,1-2H3/t19-,20-,21+,22+,23-,24+,25+,26-,27+,29-,30+,31-,32+,33-,35+,36-,37-,38-;9-,10-/m10/s1. The van der Waals surface area contributed by atoms with Crippen LogP contribution < -0.4 is 10.6 Å². The van der Waals surface area contributed by atoms with Crippen LogP contribution in [0.3, 0.4) is 0 Å². The van der Waals surface area contributed by atoms with Gasteiger partial charge in [-0.3, -0.25) is 9.59 Å². The van der Waals surface area contributed by atoms with Crippen LogP contribution in [0, 0.1) is 23.7 Å². The van der Waals surface area contributed by atoms with E-state index in [4.69, 9.17) is 43.4 Å². The molecule has 0 unspecified atom stereocenters. The summed E-state index contributed by atoms with van der Waals surface area (Å²) in [6, 6.07) is 0.117. The van der Waals surface area contributed by atoms with Gasteiger partial charge < -0.3 is 79.3 Å². The number of ketones is 1.